The molecule has 0 spiro atoms. The van der Waals surface area contributed by atoms with Gasteiger partial charge in [0.15, 0.2) is 0 Å². The predicted molar refractivity (Wildman–Crippen MR) is 41.2 cm³/mol. The zero-order chi connectivity index (χ0) is 5.98. The number of hydrogen-bond acceptors (Lipinski definition) is 0. The normalized spacial score (nSPS) is 7.30. The Hall–Kier alpha value is 0.123. The van der Waals surface area contributed by atoms with Crippen LogP contribution in [0.1, 0.15) is 5.56 Å². The molecule has 0 nitrogen and oxygen atoms in total. The molecule has 1 aromatic carbocycles. The molecule has 0 atom stereocenters. The average Bonchev–Trinajstić information content (AvgIpc) is 1.77. The second-order valence-corrected chi connectivity index (χ2v) is 1.63. The summed E-state index contributed by atoms with van der Waals surface area (Å²) in [4.78, 5) is 0. The Kier molecular flexibility index (Phi) is 7.50. The molecule has 0 fully saturated rings. The second kappa shape index (κ2) is 5.87. The van der Waals surface area contributed by atoms with Crippen molar-refractivity contribution in [3.05, 3.63) is 42.6 Å². The van der Waals surface area contributed by atoms with Gasteiger partial charge in [0, 0.05) is 19.5 Å². The molecular formula is C7H7BrFZn-. The van der Waals surface area contributed by atoms with Gasteiger partial charge in [-0.05, 0) is 0 Å². The van der Waals surface area contributed by atoms with Crippen LogP contribution in [0.5, 0.6) is 0 Å². The van der Waals surface area contributed by atoms with Crippen molar-refractivity contribution < 1.29 is 23.9 Å². The zero-order valence-corrected chi connectivity index (χ0v) is 10.2. The predicted octanol–water partition coefficient (Wildman–Crippen LogP) is 2.58. The summed E-state index contributed by atoms with van der Waals surface area (Å²) < 4.78 is 12.1. The van der Waals surface area contributed by atoms with E-state index in [-0.39, 0.29) is 42.3 Å². The Bertz CT molecular complexity index is 152. The van der Waals surface area contributed by atoms with Crippen LogP contribution in [0.4, 0.5) is 4.39 Å². The van der Waals surface area contributed by atoms with Crippen LogP contribution >= 0.6 is 17.0 Å². The summed E-state index contributed by atoms with van der Waals surface area (Å²) in [6, 6.07) is 6.05. The molecule has 0 aliphatic carbocycles. The van der Waals surface area contributed by atoms with E-state index >= 15 is 0 Å². The maximum Gasteiger partial charge on any atom is 0.0987 e. The SMILES string of the molecule is Br.[CH2-]c1ccc(F)cc1.[Zn]. The molecule has 10 heavy (non-hydrogen) atoms. The Morgan fingerprint density at radius 3 is 1.80 bits per heavy atom. The first kappa shape index (κ1) is 12.8. The van der Waals surface area contributed by atoms with Gasteiger partial charge in [0.05, 0.1) is 5.82 Å². The van der Waals surface area contributed by atoms with Crippen LogP contribution < -0.4 is 0 Å². The largest absolute Gasteiger partial charge is 0.209 e. The van der Waals surface area contributed by atoms with E-state index in [0.29, 0.717) is 0 Å². The van der Waals surface area contributed by atoms with Gasteiger partial charge in [-0.25, -0.2) is 4.39 Å². The van der Waals surface area contributed by atoms with Gasteiger partial charge in [-0.2, -0.15) is 24.6 Å². The van der Waals surface area contributed by atoms with Gasteiger partial charge in [-0.3, -0.25) is 0 Å². The summed E-state index contributed by atoms with van der Waals surface area (Å²) in [5, 5.41) is 0. The van der Waals surface area contributed by atoms with Gasteiger partial charge in [-0.1, -0.05) is 12.1 Å². The van der Waals surface area contributed by atoms with E-state index in [1.54, 1.807) is 12.1 Å². The minimum Gasteiger partial charge on any atom is -0.209 e. The molecule has 0 unspecified atom stereocenters. The molecule has 1 rings (SSSR count). The molecule has 0 heterocycles. The monoisotopic (exact) mass is 253 g/mol. The van der Waals surface area contributed by atoms with E-state index in [2.05, 4.69) is 6.92 Å². The van der Waals surface area contributed by atoms with Crippen molar-refractivity contribution in [1.82, 2.24) is 0 Å². The number of rotatable bonds is 0. The maximum absolute atomic E-state index is 12.1. The Balaban J connectivity index is 0. The summed E-state index contributed by atoms with van der Waals surface area (Å²) in [5.41, 5.74) is 0.839. The van der Waals surface area contributed by atoms with Gasteiger partial charge in [-0.15, -0.1) is 17.0 Å². The van der Waals surface area contributed by atoms with Gasteiger partial charge < -0.3 is 0 Å². The molecular weight excluding hydrogens is 248 g/mol. The maximum atomic E-state index is 12.1. The second-order valence-electron chi connectivity index (χ2n) is 1.63. The molecule has 0 radical (unpaired) electrons. The number of halogens is 2. The van der Waals surface area contributed by atoms with Crippen LogP contribution in [0.2, 0.25) is 0 Å². The Morgan fingerprint density at radius 1 is 1.10 bits per heavy atom. The zero-order valence-electron chi connectivity index (χ0n) is 5.51. The first-order valence-electron chi connectivity index (χ1n) is 2.36. The van der Waals surface area contributed by atoms with Gasteiger partial charge in [0.2, 0.25) is 0 Å². The molecule has 0 bridgehead atoms. The third-order valence-corrected chi connectivity index (χ3v) is 0.913. The van der Waals surface area contributed by atoms with Crippen molar-refractivity contribution in [3.8, 4) is 0 Å². The van der Waals surface area contributed by atoms with Crippen molar-refractivity contribution in [1.29, 1.82) is 0 Å². The first-order chi connectivity index (χ1) is 3.79. The molecule has 0 aliphatic rings. The molecule has 52 valence electrons. The molecule has 0 saturated heterocycles. The molecule has 0 aliphatic heterocycles. The molecule has 0 amide bonds. The fourth-order valence-corrected chi connectivity index (χ4v) is 0.484. The van der Waals surface area contributed by atoms with Crippen LogP contribution in [0.25, 0.3) is 0 Å². The van der Waals surface area contributed by atoms with Gasteiger partial charge in [0.1, 0.15) is 0 Å². The van der Waals surface area contributed by atoms with Crippen molar-refractivity contribution in [3.63, 3.8) is 0 Å². The molecule has 0 saturated carbocycles. The molecule has 0 N–H and O–H groups in total. The minimum absolute atomic E-state index is 0. The fraction of sp³-hybridized carbons (Fsp3) is 0. The van der Waals surface area contributed by atoms with Crippen molar-refractivity contribution in [2.24, 2.45) is 0 Å². The molecule has 1 aromatic rings. The van der Waals surface area contributed by atoms with Crippen LogP contribution in [-0.4, -0.2) is 0 Å². The summed E-state index contributed by atoms with van der Waals surface area (Å²) in [5.74, 6) is -0.211. The first-order valence-corrected chi connectivity index (χ1v) is 2.36. The summed E-state index contributed by atoms with van der Waals surface area (Å²) in [6.07, 6.45) is 0. The number of benzene rings is 1. The van der Waals surface area contributed by atoms with Crippen LogP contribution in [-0.2, 0) is 19.5 Å². The topological polar surface area (TPSA) is 0 Å². The third kappa shape index (κ3) is 4.02. The van der Waals surface area contributed by atoms with E-state index in [1.807, 2.05) is 0 Å². The summed E-state index contributed by atoms with van der Waals surface area (Å²) in [6.45, 7) is 3.60. The Morgan fingerprint density at radius 2 is 1.50 bits per heavy atom. The van der Waals surface area contributed by atoms with E-state index in [0.717, 1.165) is 5.56 Å². The standard InChI is InChI=1S/C7H6F.BrH.Zn/c1-6-2-4-7(8)5-3-6;;/h2-5H,1H2;1H;/q-1;;. The quantitative estimate of drug-likeness (QED) is 0.494. The fourth-order valence-electron chi connectivity index (χ4n) is 0.484. The van der Waals surface area contributed by atoms with E-state index < -0.39 is 0 Å². The van der Waals surface area contributed by atoms with Crippen molar-refractivity contribution in [2.45, 2.75) is 0 Å². The Labute approximate surface area is 83.4 Å². The van der Waals surface area contributed by atoms with Crippen LogP contribution in [0, 0.1) is 12.7 Å². The smallest absolute Gasteiger partial charge is 0.0987 e. The van der Waals surface area contributed by atoms with Crippen molar-refractivity contribution in [2.75, 3.05) is 0 Å². The van der Waals surface area contributed by atoms with E-state index in [4.69, 9.17) is 0 Å². The van der Waals surface area contributed by atoms with Crippen LogP contribution in [0.15, 0.2) is 24.3 Å². The number of hydrogen-bond donors (Lipinski definition) is 0. The van der Waals surface area contributed by atoms with E-state index in [9.17, 15) is 4.39 Å². The van der Waals surface area contributed by atoms with Crippen LogP contribution in [0.3, 0.4) is 0 Å². The molecule has 3 heteroatoms. The van der Waals surface area contributed by atoms with Gasteiger partial charge >= 0.3 is 0 Å². The average molecular weight is 255 g/mol. The summed E-state index contributed by atoms with van der Waals surface area (Å²) >= 11 is 0. The summed E-state index contributed by atoms with van der Waals surface area (Å²) in [7, 11) is 0. The van der Waals surface area contributed by atoms with Crippen molar-refractivity contribution >= 4 is 17.0 Å². The van der Waals surface area contributed by atoms with E-state index in [1.165, 1.54) is 12.1 Å². The minimum atomic E-state index is -0.211. The van der Waals surface area contributed by atoms with Gasteiger partial charge in [0.25, 0.3) is 0 Å². The molecule has 0 aromatic heterocycles. The third-order valence-electron chi connectivity index (χ3n) is 0.913.